The van der Waals surface area contributed by atoms with Crippen molar-refractivity contribution in [2.45, 2.75) is 45.1 Å². The number of nitrogens with zero attached hydrogens (tertiary/aromatic N) is 1. The van der Waals surface area contributed by atoms with Gasteiger partial charge in [-0.3, -0.25) is 4.98 Å². The molecule has 0 aromatic carbocycles. The van der Waals surface area contributed by atoms with Crippen LogP contribution in [0.3, 0.4) is 0 Å². The molecule has 2 rings (SSSR count). The second kappa shape index (κ2) is 4.21. The average Bonchev–Trinajstić information content (AvgIpc) is 2.51. The van der Waals surface area contributed by atoms with Crippen molar-refractivity contribution in [3.05, 3.63) is 23.8 Å². The van der Waals surface area contributed by atoms with Gasteiger partial charge in [0.1, 0.15) is 0 Å². The summed E-state index contributed by atoms with van der Waals surface area (Å²) < 4.78 is 72.7. The van der Waals surface area contributed by atoms with Crippen molar-refractivity contribution in [1.82, 2.24) is 4.98 Å². The summed E-state index contributed by atoms with van der Waals surface area (Å²) in [6.45, 7) is 6.84. The minimum atomic E-state index is -4.93. The molecule has 104 valence electrons. The second-order valence-corrected chi connectivity index (χ2v) is 5.32. The van der Waals surface area contributed by atoms with E-state index in [9.17, 15) is 13.2 Å². The van der Waals surface area contributed by atoms with Gasteiger partial charge >= 0.3 is 13.3 Å². The highest BCUT2D eigenvalue weighted by atomic mass is 19.4. The van der Waals surface area contributed by atoms with Crippen LogP contribution in [0, 0.1) is 0 Å². The summed E-state index contributed by atoms with van der Waals surface area (Å²) in [5.74, 6) is 0. The minimum Gasteiger partial charge on any atom is -0.398 e. The van der Waals surface area contributed by atoms with Crippen LogP contribution < -0.4 is 5.59 Å². The topological polar surface area (TPSA) is 31.4 Å². The zero-order valence-corrected chi connectivity index (χ0v) is 11.0. The molecule has 3 nitrogen and oxygen atoms in total. The summed E-state index contributed by atoms with van der Waals surface area (Å²) >= 11 is 0. The lowest BCUT2D eigenvalue weighted by molar-refractivity contribution is -0.137. The molecule has 1 saturated heterocycles. The number of aromatic nitrogens is 1. The van der Waals surface area contributed by atoms with Gasteiger partial charge in [0, 0.05) is 6.17 Å². The van der Waals surface area contributed by atoms with Crippen LogP contribution in [-0.4, -0.2) is 23.3 Å². The van der Waals surface area contributed by atoms with Gasteiger partial charge in [-0.15, -0.1) is 0 Å². The van der Waals surface area contributed by atoms with E-state index in [2.05, 4.69) is 4.98 Å². The first-order valence-corrected chi connectivity index (χ1v) is 5.68. The van der Waals surface area contributed by atoms with Crippen LogP contribution in [0.1, 0.15) is 37.4 Å². The third-order valence-corrected chi connectivity index (χ3v) is 3.37. The van der Waals surface area contributed by atoms with Gasteiger partial charge in [0.15, 0.2) is 0 Å². The predicted molar refractivity (Wildman–Crippen MR) is 65.0 cm³/mol. The maximum Gasteiger partial charge on any atom is 0.514 e. The second-order valence-electron chi connectivity index (χ2n) is 5.32. The standard InChI is InChI=1S/C12H15BF3NO2/c1-10(2)11(3,4)19-13(18-10)9-7-8(5-6-17-9)12(14,15)16/h5-7H,1-4H3/i5D,6D,7D. The third-order valence-electron chi connectivity index (χ3n) is 3.37. The first kappa shape index (κ1) is 10.7. The summed E-state index contributed by atoms with van der Waals surface area (Å²) in [6, 6.07) is -2.12. The molecule has 1 aromatic heterocycles. The van der Waals surface area contributed by atoms with Gasteiger partial charge in [0.2, 0.25) is 0 Å². The Bertz CT molecular complexity index is 607. The number of hydrogen-bond donors (Lipinski definition) is 0. The average molecular weight is 276 g/mol. The zero-order chi connectivity index (χ0) is 17.1. The van der Waals surface area contributed by atoms with E-state index in [1.807, 2.05) is 0 Å². The zero-order valence-electron chi connectivity index (χ0n) is 14.0. The molecule has 1 aliphatic rings. The summed E-state index contributed by atoms with van der Waals surface area (Å²) in [6.07, 6.45) is -5.79. The van der Waals surface area contributed by atoms with Crippen LogP contribution in [0.25, 0.3) is 0 Å². The van der Waals surface area contributed by atoms with Crippen LogP contribution in [0.4, 0.5) is 13.2 Å². The molecule has 0 aliphatic carbocycles. The summed E-state index contributed by atoms with van der Waals surface area (Å²) in [5.41, 5.74) is -3.57. The highest BCUT2D eigenvalue weighted by Gasteiger charge is 2.52. The lowest BCUT2D eigenvalue weighted by Crippen LogP contribution is -2.41. The van der Waals surface area contributed by atoms with Crippen molar-refractivity contribution < 1.29 is 26.6 Å². The van der Waals surface area contributed by atoms with Gasteiger partial charge in [-0.25, -0.2) is 0 Å². The quantitative estimate of drug-likeness (QED) is 0.738. The molecule has 1 aromatic rings. The van der Waals surface area contributed by atoms with E-state index in [0.717, 1.165) is 0 Å². The van der Waals surface area contributed by atoms with E-state index in [1.54, 1.807) is 27.7 Å². The number of alkyl halides is 3. The largest absolute Gasteiger partial charge is 0.514 e. The Balaban J connectivity index is 2.58. The lowest BCUT2D eigenvalue weighted by Gasteiger charge is -2.32. The first-order chi connectivity index (χ1) is 9.78. The van der Waals surface area contributed by atoms with Gasteiger partial charge in [0.25, 0.3) is 0 Å². The molecule has 2 heterocycles. The molecule has 7 heteroatoms. The number of rotatable bonds is 1. The first-order valence-electron chi connectivity index (χ1n) is 7.18. The van der Waals surface area contributed by atoms with E-state index >= 15 is 0 Å². The fourth-order valence-corrected chi connectivity index (χ4v) is 1.54. The number of pyridine rings is 1. The van der Waals surface area contributed by atoms with Crippen LogP contribution in [-0.2, 0) is 15.5 Å². The molecule has 0 radical (unpaired) electrons. The monoisotopic (exact) mass is 276 g/mol. The van der Waals surface area contributed by atoms with Crippen LogP contribution in [0.5, 0.6) is 0 Å². The van der Waals surface area contributed by atoms with E-state index in [1.165, 1.54) is 0 Å². The molecule has 0 saturated carbocycles. The minimum absolute atomic E-state index is 0.438. The molecule has 0 amide bonds. The Morgan fingerprint density at radius 2 is 1.74 bits per heavy atom. The molecular formula is C12H15BF3NO2. The summed E-state index contributed by atoms with van der Waals surface area (Å²) in [5, 5.41) is 0. The van der Waals surface area contributed by atoms with Gasteiger partial charge in [-0.05, 0) is 39.8 Å². The Hall–Kier alpha value is -1.08. The van der Waals surface area contributed by atoms with Crippen molar-refractivity contribution >= 4 is 12.7 Å². The Morgan fingerprint density at radius 1 is 1.21 bits per heavy atom. The SMILES string of the molecule is [2H]c1nc(B2OC(C)(C)C(C)(C)O2)c([2H])c(C(F)(F)F)c1[2H]. The maximum absolute atomic E-state index is 13.0. The molecule has 1 fully saturated rings. The van der Waals surface area contributed by atoms with Crippen molar-refractivity contribution in [2.24, 2.45) is 0 Å². The van der Waals surface area contributed by atoms with Gasteiger partial charge in [-0.2, -0.15) is 13.2 Å². The van der Waals surface area contributed by atoms with E-state index in [-0.39, 0.29) is 0 Å². The highest BCUT2D eigenvalue weighted by Crippen LogP contribution is 2.36. The van der Waals surface area contributed by atoms with Gasteiger partial charge < -0.3 is 9.31 Å². The van der Waals surface area contributed by atoms with Crippen molar-refractivity contribution in [1.29, 1.82) is 0 Å². The lowest BCUT2D eigenvalue weighted by atomic mass is 9.83. The number of hydrogen-bond acceptors (Lipinski definition) is 3. The molecule has 0 N–H and O–H groups in total. The Labute approximate surface area is 114 Å². The third kappa shape index (κ3) is 2.62. The van der Waals surface area contributed by atoms with E-state index < -0.39 is 53.9 Å². The molecule has 1 aliphatic heterocycles. The molecule has 19 heavy (non-hydrogen) atoms. The fourth-order valence-electron chi connectivity index (χ4n) is 1.54. The van der Waals surface area contributed by atoms with Crippen LogP contribution in [0.15, 0.2) is 18.3 Å². The maximum atomic E-state index is 13.0. The highest BCUT2D eigenvalue weighted by molar-refractivity contribution is 6.61. The van der Waals surface area contributed by atoms with Crippen molar-refractivity contribution in [3.8, 4) is 0 Å². The Morgan fingerprint density at radius 3 is 2.21 bits per heavy atom. The van der Waals surface area contributed by atoms with Gasteiger partial charge in [-0.1, -0.05) is 0 Å². The van der Waals surface area contributed by atoms with Gasteiger partial charge in [0.05, 0.1) is 26.5 Å². The van der Waals surface area contributed by atoms with Crippen molar-refractivity contribution in [2.75, 3.05) is 0 Å². The molecular weight excluding hydrogens is 258 g/mol. The Kier molecular flexibility index (Phi) is 2.37. The van der Waals surface area contributed by atoms with E-state index in [4.69, 9.17) is 13.4 Å². The summed E-state index contributed by atoms with van der Waals surface area (Å²) in [4.78, 5) is 3.60. The van der Waals surface area contributed by atoms with Crippen LogP contribution >= 0.6 is 0 Å². The van der Waals surface area contributed by atoms with E-state index in [0.29, 0.717) is 0 Å². The molecule has 0 bridgehead atoms. The normalized spacial score (nSPS) is 23.9. The fraction of sp³-hybridized carbons (Fsp3) is 0.583. The molecule has 0 spiro atoms. The van der Waals surface area contributed by atoms with Crippen molar-refractivity contribution in [3.63, 3.8) is 0 Å². The smallest absolute Gasteiger partial charge is 0.398 e. The molecule has 0 unspecified atom stereocenters. The number of halogens is 3. The molecule has 0 atom stereocenters. The predicted octanol–water partition coefficient (Wildman–Crippen LogP) is 2.40. The van der Waals surface area contributed by atoms with Crippen LogP contribution in [0.2, 0.25) is 0 Å². The summed E-state index contributed by atoms with van der Waals surface area (Å²) in [7, 11) is -1.29.